The van der Waals surface area contributed by atoms with Gasteiger partial charge in [0.2, 0.25) is 5.91 Å². The molecule has 1 N–H and O–H groups in total. The summed E-state index contributed by atoms with van der Waals surface area (Å²) in [6.45, 7) is 3.54. The number of nitrogens with zero attached hydrogens (tertiary/aromatic N) is 3. The Balaban J connectivity index is 1.59. The quantitative estimate of drug-likeness (QED) is 0.281. The van der Waals surface area contributed by atoms with Crippen molar-refractivity contribution in [1.82, 2.24) is 14.8 Å². The van der Waals surface area contributed by atoms with Gasteiger partial charge in [-0.2, -0.15) is 0 Å². The van der Waals surface area contributed by atoms with Crippen LogP contribution >= 0.6 is 11.8 Å². The van der Waals surface area contributed by atoms with E-state index in [1.807, 2.05) is 60.0 Å². The number of Topliss-reactive ketones (excluding diaryl/α,β-unsaturated/α-hetero) is 1. The first kappa shape index (κ1) is 23.3. The zero-order chi connectivity index (χ0) is 24.1. The highest BCUT2D eigenvalue weighted by molar-refractivity contribution is 7.99. The molecule has 0 radical (unpaired) electrons. The lowest BCUT2D eigenvalue weighted by atomic mass is 10.1. The first-order valence-electron chi connectivity index (χ1n) is 10.7. The number of anilines is 1. The van der Waals surface area contributed by atoms with Crippen molar-refractivity contribution >= 4 is 29.1 Å². The number of thioether (sulfide) groups is 1. The molecule has 1 heterocycles. The highest BCUT2D eigenvalue weighted by Gasteiger charge is 2.19. The second kappa shape index (κ2) is 10.4. The molecule has 8 heteroatoms. The molecular weight excluding hydrogens is 448 g/mol. The molecule has 1 amide bonds. The van der Waals surface area contributed by atoms with Crippen LogP contribution in [0.1, 0.15) is 22.8 Å². The number of rotatable bonds is 8. The summed E-state index contributed by atoms with van der Waals surface area (Å²) in [7, 11) is 1.62. The highest BCUT2D eigenvalue weighted by atomic mass is 32.2. The van der Waals surface area contributed by atoms with Gasteiger partial charge in [-0.15, -0.1) is 10.2 Å². The third-order valence-electron chi connectivity index (χ3n) is 5.18. The molecule has 0 aliphatic heterocycles. The van der Waals surface area contributed by atoms with Crippen LogP contribution in [-0.4, -0.2) is 39.3 Å². The van der Waals surface area contributed by atoms with E-state index in [0.29, 0.717) is 28.0 Å². The van der Waals surface area contributed by atoms with Gasteiger partial charge in [0.25, 0.3) is 0 Å². The van der Waals surface area contributed by atoms with Crippen LogP contribution in [-0.2, 0) is 4.79 Å². The van der Waals surface area contributed by atoms with Crippen LogP contribution in [0.5, 0.6) is 5.75 Å². The molecule has 0 aliphatic rings. The number of benzene rings is 3. The average Bonchev–Trinajstić information content (AvgIpc) is 3.27. The van der Waals surface area contributed by atoms with Crippen molar-refractivity contribution in [3.63, 3.8) is 0 Å². The summed E-state index contributed by atoms with van der Waals surface area (Å²) < 4.78 is 7.46. The number of aromatic nitrogens is 3. The molecule has 0 spiro atoms. The topological polar surface area (TPSA) is 86.1 Å². The van der Waals surface area contributed by atoms with Crippen LogP contribution in [0.2, 0.25) is 0 Å². The van der Waals surface area contributed by atoms with Gasteiger partial charge >= 0.3 is 0 Å². The smallest absolute Gasteiger partial charge is 0.234 e. The maximum absolute atomic E-state index is 12.6. The molecule has 0 unspecified atom stereocenters. The van der Waals surface area contributed by atoms with E-state index in [-0.39, 0.29) is 17.4 Å². The van der Waals surface area contributed by atoms with Crippen molar-refractivity contribution in [2.24, 2.45) is 0 Å². The van der Waals surface area contributed by atoms with Gasteiger partial charge in [0, 0.05) is 16.9 Å². The molecule has 4 aromatic rings. The van der Waals surface area contributed by atoms with Crippen LogP contribution in [0.4, 0.5) is 5.69 Å². The van der Waals surface area contributed by atoms with Crippen LogP contribution in [0.25, 0.3) is 17.1 Å². The Morgan fingerprint density at radius 2 is 1.68 bits per heavy atom. The molecule has 172 valence electrons. The number of para-hydroxylation sites is 1. The maximum atomic E-state index is 12.6. The number of carbonyl (C=O) groups excluding carboxylic acids is 2. The van der Waals surface area contributed by atoms with E-state index in [2.05, 4.69) is 15.5 Å². The SMILES string of the molecule is COc1ccccc1-c1nnc(SCC(=O)Nc2ccc(C(C)=O)cc2)n1-c1ccc(C)cc1. The van der Waals surface area contributed by atoms with Gasteiger partial charge in [0.1, 0.15) is 5.75 Å². The number of methoxy groups -OCH3 is 1. The van der Waals surface area contributed by atoms with Gasteiger partial charge < -0.3 is 10.1 Å². The number of nitrogens with one attached hydrogen (secondary N) is 1. The number of ketones is 1. The summed E-state index contributed by atoms with van der Waals surface area (Å²) in [6, 6.07) is 22.5. The van der Waals surface area contributed by atoms with Gasteiger partial charge in [0.05, 0.1) is 18.4 Å². The molecule has 0 saturated heterocycles. The van der Waals surface area contributed by atoms with Crippen LogP contribution < -0.4 is 10.1 Å². The molecule has 7 nitrogen and oxygen atoms in total. The normalized spacial score (nSPS) is 10.7. The number of aryl methyl sites for hydroxylation is 1. The Morgan fingerprint density at radius 1 is 0.971 bits per heavy atom. The monoisotopic (exact) mass is 472 g/mol. The van der Waals surface area contributed by atoms with E-state index in [1.54, 1.807) is 31.4 Å². The van der Waals surface area contributed by atoms with E-state index >= 15 is 0 Å². The predicted molar refractivity (Wildman–Crippen MR) is 134 cm³/mol. The van der Waals surface area contributed by atoms with Gasteiger partial charge in [-0.05, 0) is 62.4 Å². The van der Waals surface area contributed by atoms with Crippen LogP contribution in [0.15, 0.2) is 78.0 Å². The molecule has 0 atom stereocenters. The van der Waals surface area contributed by atoms with E-state index < -0.39 is 0 Å². The third-order valence-corrected chi connectivity index (χ3v) is 6.11. The molecule has 0 aliphatic carbocycles. The van der Waals surface area contributed by atoms with Crippen molar-refractivity contribution in [1.29, 1.82) is 0 Å². The molecule has 3 aromatic carbocycles. The zero-order valence-electron chi connectivity index (χ0n) is 19.1. The Kier molecular flexibility index (Phi) is 7.08. The molecule has 34 heavy (non-hydrogen) atoms. The minimum atomic E-state index is -0.183. The molecule has 4 rings (SSSR count). The Hall–Kier alpha value is -3.91. The standard InChI is InChI=1S/C26H24N4O3S/c1-17-8-14-21(15-9-17)30-25(22-6-4-5-7-23(22)33-3)28-29-26(30)34-16-24(32)27-20-12-10-19(11-13-20)18(2)31/h4-15H,16H2,1-3H3,(H,27,32). The van der Waals surface area contributed by atoms with Crippen molar-refractivity contribution in [3.05, 3.63) is 83.9 Å². The highest BCUT2D eigenvalue weighted by Crippen LogP contribution is 2.33. The average molecular weight is 473 g/mol. The summed E-state index contributed by atoms with van der Waals surface area (Å²) >= 11 is 1.29. The van der Waals surface area contributed by atoms with Gasteiger partial charge in [-0.3, -0.25) is 14.2 Å². The summed E-state index contributed by atoms with van der Waals surface area (Å²) in [5.74, 6) is 1.26. The van der Waals surface area contributed by atoms with Crippen LogP contribution in [0, 0.1) is 6.92 Å². The van der Waals surface area contributed by atoms with Gasteiger partial charge in [0.15, 0.2) is 16.8 Å². The second-order valence-electron chi connectivity index (χ2n) is 7.65. The lowest BCUT2D eigenvalue weighted by Crippen LogP contribution is -2.14. The lowest BCUT2D eigenvalue weighted by Gasteiger charge is -2.13. The van der Waals surface area contributed by atoms with Crippen molar-refractivity contribution in [3.8, 4) is 22.8 Å². The minimum Gasteiger partial charge on any atom is -0.496 e. The Bertz CT molecular complexity index is 1310. The Labute approximate surface area is 202 Å². The second-order valence-corrected chi connectivity index (χ2v) is 8.59. The molecule has 1 aromatic heterocycles. The lowest BCUT2D eigenvalue weighted by molar-refractivity contribution is -0.113. The van der Waals surface area contributed by atoms with E-state index in [4.69, 9.17) is 4.74 Å². The van der Waals surface area contributed by atoms with Crippen molar-refractivity contribution < 1.29 is 14.3 Å². The van der Waals surface area contributed by atoms with Crippen LogP contribution in [0.3, 0.4) is 0 Å². The first-order valence-corrected chi connectivity index (χ1v) is 11.6. The number of amides is 1. The summed E-state index contributed by atoms with van der Waals surface area (Å²) in [4.78, 5) is 24.0. The fourth-order valence-corrected chi connectivity index (χ4v) is 4.16. The largest absolute Gasteiger partial charge is 0.496 e. The zero-order valence-corrected chi connectivity index (χ0v) is 19.9. The number of ether oxygens (including phenoxy) is 1. The molecule has 0 saturated carbocycles. The van der Waals surface area contributed by atoms with Gasteiger partial charge in [-0.1, -0.05) is 41.6 Å². The fraction of sp³-hybridized carbons (Fsp3) is 0.154. The molecule has 0 fully saturated rings. The number of hydrogen-bond acceptors (Lipinski definition) is 6. The summed E-state index contributed by atoms with van der Waals surface area (Å²) in [5.41, 5.74) is 4.06. The molecular formula is C26H24N4O3S. The summed E-state index contributed by atoms with van der Waals surface area (Å²) in [6.07, 6.45) is 0. The van der Waals surface area contributed by atoms with E-state index in [0.717, 1.165) is 16.8 Å². The first-order chi connectivity index (χ1) is 16.5. The van der Waals surface area contributed by atoms with E-state index in [9.17, 15) is 9.59 Å². The van der Waals surface area contributed by atoms with E-state index in [1.165, 1.54) is 18.7 Å². The number of carbonyl (C=O) groups is 2. The number of hydrogen-bond donors (Lipinski definition) is 1. The van der Waals surface area contributed by atoms with Gasteiger partial charge in [-0.25, -0.2) is 0 Å². The maximum Gasteiger partial charge on any atom is 0.234 e. The Morgan fingerprint density at radius 3 is 2.35 bits per heavy atom. The molecule has 0 bridgehead atoms. The fourth-order valence-electron chi connectivity index (χ4n) is 3.41. The predicted octanol–water partition coefficient (Wildman–Crippen LogP) is 5.18. The van der Waals surface area contributed by atoms with Crippen molar-refractivity contribution in [2.75, 3.05) is 18.2 Å². The summed E-state index contributed by atoms with van der Waals surface area (Å²) in [5, 5.41) is 12.3. The van der Waals surface area contributed by atoms with Crippen molar-refractivity contribution in [2.45, 2.75) is 19.0 Å². The minimum absolute atomic E-state index is 0.0188. The third kappa shape index (κ3) is 5.18.